The summed E-state index contributed by atoms with van der Waals surface area (Å²) in [6.07, 6.45) is 1.49. The monoisotopic (exact) mass is 344 g/mol. The molecular formula is C19H21FN2O3. The average Bonchev–Trinajstić information content (AvgIpc) is 2.54. The number of aldehydes is 1. The molecule has 132 valence electrons. The fourth-order valence-corrected chi connectivity index (χ4v) is 2.26. The van der Waals surface area contributed by atoms with Crippen molar-refractivity contribution in [1.29, 1.82) is 0 Å². The van der Waals surface area contributed by atoms with Crippen molar-refractivity contribution >= 4 is 18.2 Å². The maximum Gasteiger partial charge on any atom is 0.416 e. The van der Waals surface area contributed by atoms with Crippen LogP contribution in [-0.4, -0.2) is 23.0 Å². The summed E-state index contributed by atoms with van der Waals surface area (Å²) in [5.41, 5.74) is 0.455. The van der Waals surface area contributed by atoms with E-state index in [2.05, 4.69) is 4.98 Å². The van der Waals surface area contributed by atoms with Crippen molar-refractivity contribution < 1.29 is 18.7 Å². The number of carbonyl (C=O) groups excluding carboxylic acids is 2. The Kier molecular flexibility index (Phi) is 5.51. The number of anilines is 1. The van der Waals surface area contributed by atoms with Gasteiger partial charge in [0.1, 0.15) is 17.2 Å². The molecule has 0 spiro atoms. The summed E-state index contributed by atoms with van der Waals surface area (Å²) in [5, 5.41) is 0. The Morgan fingerprint density at radius 1 is 1.20 bits per heavy atom. The summed E-state index contributed by atoms with van der Waals surface area (Å²) in [5.74, 6) is -0.00935. The van der Waals surface area contributed by atoms with E-state index in [0.717, 1.165) is 5.56 Å². The number of aromatic nitrogens is 1. The number of carbonyl (C=O) groups is 2. The quantitative estimate of drug-likeness (QED) is 0.764. The number of hydrogen-bond donors (Lipinski definition) is 0. The molecule has 0 N–H and O–H groups in total. The molecule has 0 aliphatic carbocycles. The number of halogens is 1. The number of pyridine rings is 1. The SMILES string of the molecule is C[C@@H](c1ccc(F)cc1)N(C(=O)OC(C)(C)C)c1ccc(C=O)cn1. The lowest BCUT2D eigenvalue weighted by atomic mass is 10.1. The summed E-state index contributed by atoms with van der Waals surface area (Å²) in [7, 11) is 0. The van der Waals surface area contributed by atoms with E-state index in [9.17, 15) is 14.0 Å². The van der Waals surface area contributed by atoms with Crippen LogP contribution in [0, 0.1) is 5.82 Å². The summed E-state index contributed by atoms with van der Waals surface area (Å²) in [6, 6.07) is 8.60. The zero-order valence-corrected chi connectivity index (χ0v) is 14.7. The van der Waals surface area contributed by atoms with Gasteiger partial charge in [-0.2, -0.15) is 0 Å². The van der Waals surface area contributed by atoms with Gasteiger partial charge in [0.2, 0.25) is 0 Å². The van der Waals surface area contributed by atoms with Crippen molar-refractivity contribution in [2.24, 2.45) is 0 Å². The predicted octanol–water partition coefficient (Wildman–Crippen LogP) is 4.54. The number of amides is 1. The van der Waals surface area contributed by atoms with Gasteiger partial charge in [0.15, 0.2) is 6.29 Å². The smallest absolute Gasteiger partial charge is 0.416 e. The Labute approximate surface area is 146 Å². The van der Waals surface area contributed by atoms with Gasteiger partial charge in [-0.1, -0.05) is 12.1 Å². The maximum atomic E-state index is 13.2. The van der Waals surface area contributed by atoms with Crippen LogP contribution in [0.25, 0.3) is 0 Å². The van der Waals surface area contributed by atoms with Gasteiger partial charge >= 0.3 is 6.09 Å². The molecule has 1 aromatic heterocycles. The molecule has 0 unspecified atom stereocenters. The Morgan fingerprint density at radius 3 is 2.32 bits per heavy atom. The van der Waals surface area contributed by atoms with Crippen LogP contribution in [0.3, 0.4) is 0 Å². The first-order chi connectivity index (χ1) is 11.7. The van der Waals surface area contributed by atoms with Crippen molar-refractivity contribution in [3.05, 3.63) is 59.5 Å². The molecule has 0 aliphatic rings. The molecule has 6 heteroatoms. The normalized spacial score (nSPS) is 12.4. The van der Waals surface area contributed by atoms with E-state index in [1.54, 1.807) is 52.0 Å². The third kappa shape index (κ3) is 4.86. The highest BCUT2D eigenvalue weighted by Gasteiger charge is 2.29. The molecule has 5 nitrogen and oxygen atoms in total. The van der Waals surface area contributed by atoms with Gasteiger partial charge in [0.25, 0.3) is 0 Å². The molecule has 0 fully saturated rings. The van der Waals surface area contributed by atoms with E-state index in [4.69, 9.17) is 4.74 Å². The number of rotatable bonds is 4. The first-order valence-corrected chi connectivity index (χ1v) is 7.90. The summed E-state index contributed by atoms with van der Waals surface area (Å²) < 4.78 is 18.7. The Balaban J connectivity index is 2.41. The molecule has 0 aliphatic heterocycles. The molecule has 0 bridgehead atoms. The maximum absolute atomic E-state index is 13.2. The molecule has 1 heterocycles. The lowest BCUT2D eigenvalue weighted by Gasteiger charge is -2.31. The Hall–Kier alpha value is -2.76. The van der Waals surface area contributed by atoms with Crippen molar-refractivity contribution in [1.82, 2.24) is 4.98 Å². The van der Waals surface area contributed by atoms with E-state index >= 15 is 0 Å². The van der Waals surface area contributed by atoms with Gasteiger partial charge in [-0.15, -0.1) is 0 Å². The predicted molar refractivity (Wildman–Crippen MR) is 93.2 cm³/mol. The van der Waals surface area contributed by atoms with Crippen LogP contribution in [0.2, 0.25) is 0 Å². The van der Waals surface area contributed by atoms with Gasteiger partial charge < -0.3 is 4.74 Å². The van der Waals surface area contributed by atoms with E-state index < -0.39 is 17.7 Å². The number of ether oxygens (including phenoxy) is 1. The van der Waals surface area contributed by atoms with Gasteiger partial charge in [-0.05, 0) is 57.5 Å². The fourth-order valence-electron chi connectivity index (χ4n) is 2.26. The van der Waals surface area contributed by atoms with Gasteiger partial charge in [0.05, 0.1) is 6.04 Å². The second-order valence-electron chi connectivity index (χ2n) is 6.65. The zero-order chi connectivity index (χ0) is 18.6. The summed E-state index contributed by atoms with van der Waals surface area (Å²) in [6.45, 7) is 7.12. The molecule has 0 saturated carbocycles. The topological polar surface area (TPSA) is 59.5 Å². The second-order valence-corrected chi connectivity index (χ2v) is 6.65. The van der Waals surface area contributed by atoms with Crippen molar-refractivity contribution in [2.45, 2.75) is 39.3 Å². The number of nitrogens with zero attached hydrogens (tertiary/aromatic N) is 2. The molecular weight excluding hydrogens is 323 g/mol. The minimum absolute atomic E-state index is 0.344. The third-order valence-electron chi connectivity index (χ3n) is 3.48. The third-order valence-corrected chi connectivity index (χ3v) is 3.48. The van der Waals surface area contributed by atoms with E-state index in [1.165, 1.54) is 23.2 Å². The van der Waals surface area contributed by atoms with E-state index in [-0.39, 0.29) is 5.82 Å². The van der Waals surface area contributed by atoms with Crippen LogP contribution in [0.4, 0.5) is 15.0 Å². The van der Waals surface area contributed by atoms with E-state index in [1.807, 2.05) is 0 Å². The van der Waals surface area contributed by atoms with Crippen molar-refractivity contribution in [3.8, 4) is 0 Å². The first-order valence-electron chi connectivity index (χ1n) is 7.90. The average molecular weight is 344 g/mol. The van der Waals surface area contributed by atoms with Crippen LogP contribution >= 0.6 is 0 Å². The molecule has 1 atom stereocenters. The Morgan fingerprint density at radius 2 is 1.84 bits per heavy atom. The highest BCUT2D eigenvalue weighted by Crippen LogP contribution is 2.28. The Bertz CT molecular complexity index is 737. The molecule has 2 aromatic rings. The summed E-state index contributed by atoms with van der Waals surface area (Å²) in [4.78, 5) is 29.1. The number of benzene rings is 1. The molecule has 0 saturated heterocycles. The van der Waals surface area contributed by atoms with Crippen LogP contribution < -0.4 is 4.90 Å². The molecule has 0 radical (unpaired) electrons. The first kappa shape index (κ1) is 18.6. The van der Waals surface area contributed by atoms with Crippen LogP contribution in [0.1, 0.15) is 49.7 Å². The lowest BCUT2D eigenvalue weighted by Crippen LogP contribution is -2.39. The molecule has 1 aromatic carbocycles. The molecule has 1 amide bonds. The standard InChI is InChI=1S/C19H21FN2O3/c1-13(15-6-8-16(20)9-7-15)22(18(24)25-19(2,3)4)17-10-5-14(12-23)11-21-17/h5-13H,1-4H3/t13-/m0/s1. The lowest BCUT2D eigenvalue weighted by molar-refractivity contribution is 0.0566. The zero-order valence-electron chi connectivity index (χ0n) is 14.7. The minimum atomic E-state index is -0.680. The summed E-state index contributed by atoms with van der Waals surface area (Å²) >= 11 is 0. The van der Waals surface area contributed by atoms with Crippen LogP contribution in [0.5, 0.6) is 0 Å². The largest absolute Gasteiger partial charge is 0.443 e. The minimum Gasteiger partial charge on any atom is -0.443 e. The van der Waals surface area contributed by atoms with Crippen LogP contribution in [0.15, 0.2) is 42.6 Å². The van der Waals surface area contributed by atoms with Crippen molar-refractivity contribution in [3.63, 3.8) is 0 Å². The fraction of sp³-hybridized carbons (Fsp3) is 0.316. The van der Waals surface area contributed by atoms with Gasteiger partial charge in [-0.3, -0.25) is 9.69 Å². The van der Waals surface area contributed by atoms with Gasteiger partial charge in [0, 0.05) is 11.8 Å². The molecule has 2 rings (SSSR count). The molecule has 25 heavy (non-hydrogen) atoms. The second kappa shape index (κ2) is 7.42. The highest BCUT2D eigenvalue weighted by atomic mass is 19.1. The highest BCUT2D eigenvalue weighted by molar-refractivity contribution is 5.88. The van der Waals surface area contributed by atoms with Gasteiger partial charge in [-0.25, -0.2) is 14.2 Å². The van der Waals surface area contributed by atoms with Crippen molar-refractivity contribution in [2.75, 3.05) is 4.90 Å². The van der Waals surface area contributed by atoms with Crippen LogP contribution in [-0.2, 0) is 4.74 Å². The van der Waals surface area contributed by atoms with E-state index in [0.29, 0.717) is 17.7 Å². The number of hydrogen-bond acceptors (Lipinski definition) is 4.